The molecule has 1 amide bonds. The fraction of sp³-hybridized carbons (Fsp3) is 0.182. The summed E-state index contributed by atoms with van der Waals surface area (Å²) in [5.74, 6) is -1.41. The molecule has 0 aliphatic carbocycles. The normalized spacial score (nSPS) is 11.1. The van der Waals surface area contributed by atoms with Gasteiger partial charge in [-0.15, -0.1) is 0 Å². The van der Waals surface area contributed by atoms with Crippen LogP contribution in [0.25, 0.3) is 11.0 Å². The van der Waals surface area contributed by atoms with Gasteiger partial charge in [-0.1, -0.05) is 12.1 Å². The van der Waals surface area contributed by atoms with Crippen molar-refractivity contribution in [3.8, 4) is 0 Å². The smallest absolute Gasteiger partial charge is 0.325 e. The Balaban J connectivity index is 1.75. The van der Waals surface area contributed by atoms with E-state index in [1.54, 1.807) is 0 Å². The van der Waals surface area contributed by atoms with Crippen LogP contribution in [0.4, 0.5) is 14.5 Å². The molecule has 10 heteroatoms. The summed E-state index contributed by atoms with van der Waals surface area (Å²) in [7, 11) is 0. The van der Waals surface area contributed by atoms with Gasteiger partial charge < -0.3 is 5.32 Å². The highest BCUT2D eigenvalue weighted by molar-refractivity contribution is 5.91. The first kappa shape index (κ1) is 21.2. The number of carbonyl (C=O) groups excluding carboxylic acids is 1. The van der Waals surface area contributed by atoms with Gasteiger partial charge in [0.2, 0.25) is 5.91 Å². The number of nitrogens with zero attached hydrogens (tertiary/aromatic N) is 4. The number of carbonyl (C=O) groups is 1. The van der Waals surface area contributed by atoms with Crippen molar-refractivity contribution in [3.63, 3.8) is 0 Å². The molecule has 0 saturated carbocycles. The van der Waals surface area contributed by atoms with E-state index in [1.807, 2.05) is 6.92 Å². The van der Waals surface area contributed by atoms with E-state index in [0.29, 0.717) is 17.8 Å². The van der Waals surface area contributed by atoms with Gasteiger partial charge in [0.25, 0.3) is 5.56 Å². The third kappa shape index (κ3) is 4.20. The molecule has 0 unspecified atom stereocenters. The van der Waals surface area contributed by atoms with E-state index in [1.165, 1.54) is 59.4 Å². The van der Waals surface area contributed by atoms with Gasteiger partial charge in [-0.05, 0) is 48.9 Å². The highest BCUT2D eigenvalue weighted by atomic mass is 19.1. The lowest BCUT2D eigenvalue weighted by Gasteiger charge is -2.12. The zero-order valence-electron chi connectivity index (χ0n) is 17.1. The quantitative estimate of drug-likeness (QED) is 0.499. The lowest BCUT2D eigenvalue weighted by Crippen LogP contribution is -2.41. The number of rotatable bonds is 6. The van der Waals surface area contributed by atoms with E-state index < -0.39 is 28.8 Å². The van der Waals surface area contributed by atoms with Crippen molar-refractivity contribution in [2.45, 2.75) is 26.6 Å². The molecule has 2 heterocycles. The Morgan fingerprint density at radius 3 is 2.22 bits per heavy atom. The number of amides is 1. The Hall–Kier alpha value is -4.08. The standard InChI is InChI=1S/C22H19F2N5O3/c1-2-27-12-18-20(26-27)21(31)29(11-14-3-5-15(23)6-4-14)22(32)28(18)13-19(30)25-17-9-7-16(24)8-10-17/h3-10,12H,2,11,13H2,1H3,(H,25,30). The van der Waals surface area contributed by atoms with E-state index >= 15 is 0 Å². The Morgan fingerprint density at radius 1 is 0.969 bits per heavy atom. The molecule has 0 spiro atoms. The third-order valence-corrected chi connectivity index (χ3v) is 4.95. The average Bonchev–Trinajstić information content (AvgIpc) is 3.22. The SMILES string of the molecule is CCn1cc2c(n1)c(=O)n(Cc1ccc(F)cc1)c(=O)n2CC(=O)Nc1ccc(F)cc1. The number of halogens is 2. The van der Waals surface area contributed by atoms with Crippen LogP contribution in [-0.4, -0.2) is 24.8 Å². The van der Waals surface area contributed by atoms with Crippen molar-refractivity contribution in [2.24, 2.45) is 0 Å². The second-order valence-electron chi connectivity index (χ2n) is 7.16. The highest BCUT2D eigenvalue weighted by Crippen LogP contribution is 2.11. The number of anilines is 1. The van der Waals surface area contributed by atoms with Crippen LogP contribution in [0, 0.1) is 11.6 Å². The van der Waals surface area contributed by atoms with Gasteiger partial charge in [-0.2, -0.15) is 5.10 Å². The van der Waals surface area contributed by atoms with Gasteiger partial charge in [0, 0.05) is 18.4 Å². The van der Waals surface area contributed by atoms with Crippen molar-refractivity contribution in [1.82, 2.24) is 18.9 Å². The fourth-order valence-electron chi connectivity index (χ4n) is 3.33. The minimum absolute atomic E-state index is 0.0446. The second-order valence-corrected chi connectivity index (χ2v) is 7.16. The molecule has 0 bridgehead atoms. The van der Waals surface area contributed by atoms with Crippen LogP contribution in [-0.2, 0) is 24.4 Å². The lowest BCUT2D eigenvalue weighted by molar-refractivity contribution is -0.116. The molecule has 0 saturated heterocycles. The predicted octanol–water partition coefficient (Wildman–Crippen LogP) is 2.34. The summed E-state index contributed by atoms with van der Waals surface area (Å²) in [6.07, 6.45) is 1.53. The number of aromatic nitrogens is 4. The molecule has 0 radical (unpaired) electrons. The van der Waals surface area contributed by atoms with Crippen LogP contribution in [0.5, 0.6) is 0 Å². The average molecular weight is 439 g/mol. The molecule has 0 aliphatic heterocycles. The molecule has 0 atom stereocenters. The maximum Gasteiger partial charge on any atom is 0.332 e. The van der Waals surface area contributed by atoms with E-state index in [-0.39, 0.29) is 24.1 Å². The van der Waals surface area contributed by atoms with Crippen LogP contribution in [0.1, 0.15) is 12.5 Å². The summed E-state index contributed by atoms with van der Waals surface area (Å²) in [5, 5.41) is 6.84. The fourth-order valence-corrected chi connectivity index (χ4v) is 3.33. The second kappa shape index (κ2) is 8.58. The largest absolute Gasteiger partial charge is 0.332 e. The Bertz CT molecular complexity index is 1400. The molecule has 164 valence electrons. The van der Waals surface area contributed by atoms with Crippen LogP contribution in [0.15, 0.2) is 64.3 Å². The lowest BCUT2D eigenvalue weighted by atomic mass is 10.2. The molecular weight excluding hydrogens is 420 g/mol. The number of nitrogens with one attached hydrogen (secondary N) is 1. The zero-order valence-corrected chi connectivity index (χ0v) is 17.1. The van der Waals surface area contributed by atoms with E-state index in [0.717, 1.165) is 9.13 Å². The molecule has 0 aliphatic rings. The molecular formula is C22H19F2N5O3. The first-order valence-corrected chi connectivity index (χ1v) is 9.86. The minimum Gasteiger partial charge on any atom is -0.325 e. The summed E-state index contributed by atoms with van der Waals surface area (Å²) in [6, 6.07) is 10.6. The Morgan fingerprint density at radius 2 is 1.59 bits per heavy atom. The number of aryl methyl sites for hydroxylation is 1. The van der Waals surface area contributed by atoms with Gasteiger partial charge >= 0.3 is 5.69 Å². The van der Waals surface area contributed by atoms with Crippen LogP contribution >= 0.6 is 0 Å². The Labute approximate surface area is 180 Å². The third-order valence-electron chi connectivity index (χ3n) is 4.95. The van der Waals surface area contributed by atoms with Crippen LogP contribution in [0.3, 0.4) is 0 Å². The molecule has 2 aromatic carbocycles. The summed E-state index contributed by atoms with van der Waals surface area (Å²) >= 11 is 0. The van der Waals surface area contributed by atoms with Crippen molar-refractivity contribution in [1.29, 1.82) is 0 Å². The van der Waals surface area contributed by atoms with E-state index in [9.17, 15) is 23.2 Å². The number of hydrogen-bond acceptors (Lipinski definition) is 4. The van der Waals surface area contributed by atoms with E-state index in [2.05, 4.69) is 10.4 Å². The number of fused-ring (bicyclic) bond motifs is 1. The maximum absolute atomic E-state index is 13.2. The van der Waals surface area contributed by atoms with Gasteiger partial charge in [-0.25, -0.2) is 13.6 Å². The number of benzene rings is 2. The molecule has 4 aromatic rings. The first-order valence-electron chi connectivity index (χ1n) is 9.86. The monoisotopic (exact) mass is 439 g/mol. The van der Waals surface area contributed by atoms with Gasteiger partial charge in [0.1, 0.15) is 18.2 Å². The van der Waals surface area contributed by atoms with Crippen molar-refractivity contribution in [2.75, 3.05) is 5.32 Å². The minimum atomic E-state index is -0.697. The molecule has 2 aromatic heterocycles. The topological polar surface area (TPSA) is 90.9 Å². The Kier molecular flexibility index (Phi) is 5.67. The van der Waals surface area contributed by atoms with Crippen LogP contribution < -0.4 is 16.6 Å². The predicted molar refractivity (Wildman–Crippen MR) is 114 cm³/mol. The first-order chi connectivity index (χ1) is 15.4. The molecule has 8 nitrogen and oxygen atoms in total. The van der Waals surface area contributed by atoms with E-state index in [4.69, 9.17) is 0 Å². The summed E-state index contributed by atoms with van der Waals surface area (Å²) < 4.78 is 30.0. The summed E-state index contributed by atoms with van der Waals surface area (Å²) in [6.45, 7) is 1.80. The summed E-state index contributed by atoms with van der Waals surface area (Å²) in [5.41, 5.74) is -0.116. The van der Waals surface area contributed by atoms with Gasteiger partial charge in [0.05, 0.1) is 12.1 Å². The molecule has 32 heavy (non-hydrogen) atoms. The van der Waals surface area contributed by atoms with Crippen molar-refractivity contribution >= 4 is 22.6 Å². The highest BCUT2D eigenvalue weighted by Gasteiger charge is 2.19. The van der Waals surface area contributed by atoms with Gasteiger partial charge in [0.15, 0.2) is 5.52 Å². The molecule has 0 fully saturated rings. The zero-order chi connectivity index (χ0) is 22.8. The summed E-state index contributed by atoms with van der Waals surface area (Å²) in [4.78, 5) is 38.8. The van der Waals surface area contributed by atoms with Crippen molar-refractivity contribution < 1.29 is 13.6 Å². The molecule has 1 N–H and O–H groups in total. The number of hydrogen-bond donors (Lipinski definition) is 1. The molecule has 4 rings (SSSR count). The maximum atomic E-state index is 13.2. The van der Waals surface area contributed by atoms with Crippen molar-refractivity contribution in [3.05, 3.63) is 92.8 Å². The van der Waals surface area contributed by atoms with Crippen LogP contribution in [0.2, 0.25) is 0 Å². The van der Waals surface area contributed by atoms with Gasteiger partial charge in [-0.3, -0.25) is 23.4 Å².